The quantitative estimate of drug-likeness (QED) is 0.0862. The number of ether oxygens (including phenoxy) is 4. The fraction of sp³-hybridized carbons (Fsp3) is 0.200. The Hall–Kier alpha value is -7.12. The van der Waals surface area contributed by atoms with Crippen LogP contribution >= 0.6 is 0 Å². The minimum atomic E-state index is -0.643. The molecule has 0 heterocycles. The molecule has 7 aromatic rings. The van der Waals surface area contributed by atoms with Crippen LogP contribution in [0.4, 0.5) is 0 Å². The zero-order valence-corrected chi connectivity index (χ0v) is 35.7. The summed E-state index contributed by atoms with van der Waals surface area (Å²) in [7, 11) is 0. The third kappa shape index (κ3) is 8.31. The number of fused-ring (bicyclic) bond motifs is 3. The van der Waals surface area contributed by atoms with E-state index in [2.05, 4.69) is 86.6 Å². The SMILES string of the molecule is Cc1ccc(OC(=O)CCOc2ccc(C3(c4ccc(OCCC(=O)Oc5ccc(C(C)(C)c6ccc(O)cc6)cc5)c(C)c4)c4ccccc4-c4ccccc43)cc2C)cc1. The predicted octanol–water partition coefficient (Wildman–Crippen LogP) is 11.8. The van der Waals surface area contributed by atoms with Gasteiger partial charge in [-0.2, -0.15) is 0 Å². The average molecular weight is 823 g/mol. The normalized spacial score (nSPS) is 12.5. The molecule has 0 saturated heterocycles. The van der Waals surface area contributed by atoms with E-state index in [4.69, 9.17) is 18.9 Å². The molecule has 7 nitrogen and oxygen atoms in total. The van der Waals surface area contributed by atoms with Crippen molar-refractivity contribution in [3.63, 3.8) is 0 Å². The van der Waals surface area contributed by atoms with E-state index in [1.807, 2.05) is 81.4 Å². The molecule has 0 radical (unpaired) electrons. The lowest BCUT2D eigenvalue weighted by Crippen LogP contribution is -2.29. The smallest absolute Gasteiger partial charge is 0.314 e. The summed E-state index contributed by atoms with van der Waals surface area (Å²) in [6, 6.07) is 51.9. The minimum Gasteiger partial charge on any atom is -0.508 e. The fourth-order valence-electron chi connectivity index (χ4n) is 8.56. The second-order valence-corrected chi connectivity index (χ2v) is 16.5. The number of phenolic OH excluding ortho intramolecular Hbond substituents is 1. The molecule has 312 valence electrons. The Morgan fingerprint density at radius 2 is 0.952 bits per heavy atom. The highest BCUT2D eigenvalue weighted by Crippen LogP contribution is 2.56. The summed E-state index contributed by atoms with van der Waals surface area (Å²) in [5.41, 5.74) is 11.1. The van der Waals surface area contributed by atoms with E-state index >= 15 is 0 Å². The summed E-state index contributed by atoms with van der Waals surface area (Å²) < 4.78 is 23.6. The van der Waals surface area contributed by atoms with Crippen molar-refractivity contribution in [1.82, 2.24) is 0 Å². The van der Waals surface area contributed by atoms with Crippen molar-refractivity contribution in [3.05, 3.63) is 208 Å². The van der Waals surface area contributed by atoms with Crippen LogP contribution in [0, 0.1) is 20.8 Å². The average Bonchev–Trinajstić information content (AvgIpc) is 3.57. The number of rotatable bonds is 14. The highest BCUT2D eigenvalue weighted by atomic mass is 16.5. The van der Waals surface area contributed by atoms with Crippen LogP contribution in [0.1, 0.15) is 76.8 Å². The van der Waals surface area contributed by atoms with Crippen LogP contribution < -0.4 is 18.9 Å². The lowest BCUT2D eigenvalue weighted by molar-refractivity contribution is -0.135. The molecular weight excluding hydrogens is 773 g/mol. The molecule has 0 saturated carbocycles. The predicted molar refractivity (Wildman–Crippen MR) is 243 cm³/mol. The van der Waals surface area contributed by atoms with E-state index < -0.39 is 5.41 Å². The standard InChI is InChI=1S/C55H50O7/c1-36-14-24-44(25-15-36)61-52(57)30-32-59-50-28-20-41(34-37(50)2)55(48-12-8-6-10-46(48)47-11-7-9-13-49(47)55)42-21-29-51(38(3)35-42)60-33-31-53(58)62-45-26-18-40(19-27-45)54(4,5)39-16-22-43(56)23-17-39/h6-29,34-35,56H,30-33H2,1-5H3. The maximum atomic E-state index is 12.9. The first kappa shape index (κ1) is 41.6. The zero-order chi connectivity index (χ0) is 43.4. The summed E-state index contributed by atoms with van der Waals surface area (Å²) in [6.07, 6.45) is 0.194. The number of aromatic hydroxyl groups is 1. The van der Waals surface area contributed by atoms with Gasteiger partial charge in [-0.05, 0) is 125 Å². The van der Waals surface area contributed by atoms with Gasteiger partial charge in [0.1, 0.15) is 28.7 Å². The van der Waals surface area contributed by atoms with Crippen molar-refractivity contribution in [3.8, 4) is 39.9 Å². The van der Waals surface area contributed by atoms with Crippen LogP contribution in [0.15, 0.2) is 158 Å². The molecule has 1 N–H and O–H groups in total. The number of hydrogen-bond acceptors (Lipinski definition) is 7. The molecule has 62 heavy (non-hydrogen) atoms. The van der Waals surface area contributed by atoms with E-state index in [-0.39, 0.29) is 49.2 Å². The summed E-state index contributed by atoms with van der Waals surface area (Å²) in [5, 5.41) is 9.72. The molecule has 0 spiro atoms. The van der Waals surface area contributed by atoms with Gasteiger partial charge in [-0.1, -0.05) is 129 Å². The van der Waals surface area contributed by atoms with Gasteiger partial charge in [0.2, 0.25) is 0 Å². The van der Waals surface area contributed by atoms with Crippen molar-refractivity contribution >= 4 is 11.9 Å². The number of carbonyl (C=O) groups excluding carboxylic acids is 2. The summed E-state index contributed by atoms with van der Waals surface area (Å²) in [4.78, 5) is 25.5. The van der Waals surface area contributed by atoms with Gasteiger partial charge in [0, 0.05) is 5.41 Å². The van der Waals surface area contributed by atoms with Crippen LogP contribution in [0.5, 0.6) is 28.7 Å². The van der Waals surface area contributed by atoms with Crippen molar-refractivity contribution < 1.29 is 33.6 Å². The fourth-order valence-corrected chi connectivity index (χ4v) is 8.56. The third-order valence-electron chi connectivity index (χ3n) is 11.9. The Kier molecular flexibility index (Phi) is 11.7. The van der Waals surface area contributed by atoms with Crippen LogP contribution in [-0.4, -0.2) is 30.3 Å². The van der Waals surface area contributed by atoms with Gasteiger partial charge in [0.25, 0.3) is 0 Å². The minimum absolute atomic E-state index is 0.0776. The van der Waals surface area contributed by atoms with Gasteiger partial charge in [-0.25, -0.2) is 0 Å². The molecule has 0 bridgehead atoms. The zero-order valence-electron chi connectivity index (χ0n) is 35.7. The molecule has 0 amide bonds. The van der Waals surface area contributed by atoms with Gasteiger partial charge in [-0.3, -0.25) is 9.59 Å². The van der Waals surface area contributed by atoms with E-state index in [0.717, 1.165) is 38.9 Å². The number of esters is 2. The molecule has 0 aliphatic heterocycles. The highest BCUT2D eigenvalue weighted by molar-refractivity contribution is 5.86. The largest absolute Gasteiger partial charge is 0.508 e. The maximum Gasteiger partial charge on any atom is 0.314 e. The summed E-state index contributed by atoms with van der Waals surface area (Å²) in [6.45, 7) is 10.6. The van der Waals surface area contributed by atoms with E-state index in [1.165, 1.54) is 22.3 Å². The monoisotopic (exact) mass is 822 g/mol. The van der Waals surface area contributed by atoms with Gasteiger partial charge in [0.15, 0.2) is 0 Å². The molecule has 1 aliphatic carbocycles. The Labute approximate surface area is 363 Å². The molecule has 0 aromatic heterocycles. The van der Waals surface area contributed by atoms with Gasteiger partial charge >= 0.3 is 11.9 Å². The van der Waals surface area contributed by atoms with Crippen LogP contribution in [0.25, 0.3) is 11.1 Å². The molecule has 0 fully saturated rings. The van der Waals surface area contributed by atoms with Crippen LogP contribution in [-0.2, 0) is 20.4 Å². The van der Waals surface area contributed by atoms with Crippen molar-refractivity contribution in [1.29, 1.82) is 0 Å². The number of hydrogen-bond donors (Lipinski definition) is 1. The molecule has 0 unspecified atom stereocenters. The van der Waals surface area contributed by atoms with Crippen LogP contribution in [0.3, 0.4) is 0 Å². The third-order valence-corrected chi connectivity index (χ3v) is 11.9. The topological polar surface area (TPSA) is 91.3 Å². The second-order valence-electron chi connectivity index (χ2n) is 16.5. The first-order valence-corrected chi connectivity index (χ1v) is 21.0. The molecular formula is C55H50O7. The number of benzene rings is 7. The molecule has 8 rings (SSSR count). The maximum absolute atomic E-state index is 12.9. The Bertz CT molecular complexity index is 2680. The van der Waals surface area contributed by atoms with E-state index in [0.29, 0.717) is 23.0 Å². The first-order valence-electron chi connectivity index (χ1n) is 21.0. The molecule has 0 atom stereocenters. The molecule has 7 aromatic carbocycles. The van der Waals surface area contributed by atoms with E-state index in [9.17, 15) is 14.7 Å². The van der Waals surface area contributed by atoms with Gasteiger partial charge < -0.3 is 24.1 Å². The molecule has 7 heteroatoms. The van der Waals surface area contributed by atoms with Crippen molar-refractivity contribution in [2.75, 3.05) is 13.2 Å². The Morgan fingerprint density at radius 3 is 1.40 bits per heavy atom. The number of carbonyl (C=O) groups is 2. The Morgan fingerprint density at radius 1 is 0.532 bits per heavy atom. The van der Waals surface area contributed by atoms with Crippen LogP contribution in [0.2, 0.25) is 0 Å². The van der Waals surface area contributed by atoms with Gasteiger partial charge in [0.05, 0.1) is 31.5 Å². The second kappa shape index (κ2) is 17.5. The Balaban J connectivity index is 0.977. The number of aryl methyl sites for hydroxylation is 3. The van der Waals surface area contributed by atoms with Crippen molar-refractivity contribution in [2.45, 2.75) is 58.3 Å². The van der Waals surface area contributed by atoms with Gasteiger partial charge in [-0.15, -0.1) is 0 Å². The summed E-state index contributed by atoms with van der Waals surface area (Å²) >= 11 is 0. The number of phenols is 1. The molecule has 1 aliphatic rings. The van der Waals surface area contributed by atoms with Crippen molar-refractivity contribution in [2.24, 2.45) is 0 Å². The lowest BCUT2D eigenvalue weighted by Gasteiger charge is -2.34. The first-order chi connectivity index (χ1) is 29.9. The highest BCUT2D eigenvalue weighted by Gasteiger charge is 2.46. The lowest BCUT2D eigenvalue weighted by atomic mass is 9.67. The van der Waals surface area contributed by atoms with E-state index in [1.54, 1.807) is 24.3 Å². The summed E-state index contributed by atoms with van der Waals surface area (Å²) in [5.74, 6) is 1.88.